The van der Waals surface area contributed by atoms with Gasteiger partial charge in [-0.25, -0.2) is 44.3 Å². The maximum Gasteiger partial charge on any atom is 0.393 e. The molecule has 5 N–H and O–H groups in total. The molecule has 3 spiro atoms. The summed E-state index contributed by atoms with van der Waals surface area (Å²) in [4.78, 5) is 98.6. The highest BCUT2D eigenvalue weighted by Gasteiger charge is 2.47. The number of thiophene rings is 3. The van der Waals surface area contributed by atoms with Gasteiger partial charge in [0.05, 0.1) is 108 Å². The van der Waals surface area contributed by atoms with Gasteiger partial charge in [0.1, 0.15) is 55.7 Å². The van der Waals surface area contributed by atoms with Gasteiger partial charge in [-0.2, -0.15) is 39.5 Å². The van der Waals surface area contributed by atoms with E-state index in [4.69, 9.17) is 28.9 Å². The first-order valence-electron chi connectivity index (χ1n) is 45.1. The molecule has 27 nitrogen and oxygen atoms in total. The second kappa shape index (κ2) is 39.1. The third kappa shape index (κ3) is 21.6. The summed E-state index contributed by atoms with van der Waals surface area (Å²) in [6, 6.07) is 22.2. The SMILES string of the molecule is CCc1nc(N2CCC3(CCN(Cc4ccc5c(c4)[nH]c(=O)n5CCO)C3)C2)c2cc(CC(F)(F)F)sc2n1.CCc1nc(N2CCC3(CCN(Cc4ccc5c(c4)[nH]c(=O)n5CCOC4CCCCO4)C3)C2)c2cc(CC(F)(F)F)sc2n1.CCc1nc(N2CCC3(CCNC3)C2)c2cc(CC(F)(F)F)sc2n1.O=Cc1ccc2c(c1)[nH]c(=O)n2CCOC1CCCCO1. The Balaban J connectivity index is 0.000000127. The molecule has 8 fully saturated rings. The zero-order valence-corrected chi connectivity index (χ0v) is 75.5. The molecule has 8 aliphatic heterocycles. The van der Waals surface area contributed by atoms with E-state index in [1.807, 2.05) is 45.0 Å². The molecule has 0 bridgehead atoms. The fraction of sp³-hybridized carbons (Fsp3) is 0.560. The van der Waals surface area contributed by atoms with E-state index in [1.54, 1.807) is 50.1 Å². The molecule has 0 saturated carbocycles. The zero-order valence-electron chi connectivity index (χ0n) is 73.0. The van der Waals surface area contributed by atoms with Crippen LogP contribution in [0.1, 0.15) is 151 Å². The van der Waals surface area contributed by atoms with Crippen LogP contribution in [0, 0.1) is 16.2 Å². The molecule has 8 aliphatic rings. The van der Waals surface area contributed by atoms with Crippen LogP contribution in [0.2, 0.25) is 0 Å². The highest BCUT2D eigenvalue weighted by molar-refractivity contribution is 7.19. The number of carbonyl (C=O) groups excluding carboxylic acids is 1. The lowest BCUT2D eigenvalue weighted by Gasteiger charge is -2.25. The quantitative estimate of drug-likeness (QED) is 0.0277. The van der Waals surface area contributed by atoms with Crippen molar-refractivity contribution in [2.24, 2.45) is 16.2 Å². The monoisotopic (exact) mass is 1860 g/mol. The number of imidazole rings is 3. The third-order valence-electron chi connectivity index (χ3n) is 26.3. The van der Waals surface area contributed by atoms with Crippen LogP contribution in [0.25, 0.3) is 63.8 Å². The molecule has 0 radical (unpaired) electrons. The van der Waals surface area contributed by atoms with Crippen molar-refractivity contribution in [2.45, 2.75) is 200 Å². The summed E-state index contributed by atoms with van der Waals surface area (Å²) in [5.41, 5.74) is 7.46. The fourth-order valence-electron chi connectivity index (χ4n) is 19.9. The van der Waals surface area contributed by atoms with Gasteiger partial charge in [-0.05, 0) is 168 Å². The molecule has 12 aromatic rings. The second-order valence-corrected chi connectivity index (χ2v) is 39.2. The van der Waals surface area contributed by atoms with Crippen LogP contribution in [-0.2, 0) is 90.2 Å². The van der Waals surface area contributed by atoms with E-state index >= 15 is 0 Å². The average Bonchev–Trinajstić information content (AvgIpc) is 1.61. The minimum Gasteiger partial charge on any atom is -0.395 e. The van der Waals surface area contributed by atoms with Gasteiger partial charge in [-0.1, -0.05) is 32.9 Å². The number of H-pyrrole nitrogens is 3. The molecule has 0 amide bonds. The lowest BCUT2D eigenvalue weighted by atomic mass is 9.86. The molecule has 698 valence electrons. The molecule has 8 saturated heterocycles. The van der Waals surface area contributed by atoms with Crippen molar-refractivity contribution in [3.8, 4) is 0 Å². The smallest absolute Gasteiger partial charge is 0.393 e. The highest BCUT2D eigenvalue weighted by Crippen LogP contribution is 2.48. The summed E-state index contributed by atoms with van der Waals surface area (Å²) in [6.45, 7) is 21.8. The van der Waals surface area contributed by atoms with E-state index in [1.165, 1.54) is 0 Å². The van der Waals surface area contributed by atoms with Crippen molar-refractivity contribution in [2.75, 3.05) is 126 Å². The molecule has 5 atom stereocenters. The first-order valence-corrected chi connectivity index (χ1v) is 47.6. The van der Waals surface area contributed by atoms with Crippen LogP contribution >= 0.6 is 34.0 Å². The average molecular weight is 1870 g/mol. The number of nitrogens with one attached hydrogen (secondary N) is 4. The number of alkyl halides is 9. The van der Waals surface area contributed by atoms with E-state index in [0.717, 1.165) is 295 Å². The summed E-state index contributed by atoms with van der Waals surface area (Å²) < 4.78 is 144. The number of ether oxygens (including phenoxy) is 4. The van der Waals surface area contributed by atoms with Crippen LogP contribution in [0.4, 0.5) is 57.0 Å². The summed E-state index contributed by atoms with van der Waals surface area (Å²) >= 11 is 3.38. The first kappa shape index (κ1) is 92.6. The number of anilines is 3. The number of benzene rings is 3. The van der Waals surface area contributed by atoms with Crippen LogP contribution in [0.3, 0.4) is 0 Å². The lowest BCUT2D eigenvalue weighted by molar-refractivity contribution is -0.163. The number of aldehydes is 1. The first-order chi connectivity index (χ1) is 62.5. The molecule has 3 aromatic carbocycles. The van der Waals surface area contributed by atoms with Crippen molar-refractivity contribution >= 4 is 122 Å². The number of fused-ring (bicyclic) bond motifs is 6. The van der Waals surface area contributed by atoms with E-state index in [9.17, 15) is 63.8 Å². The van der Waals surface area contributed by atoms with Gasteiger partial charge in [0.2, 0.25) is 0 Å². The lowest BCUT2D eigenvalue weighted by Crippen LogP contribution is -2.31. The number of hydrogen-bond donors (Lipinski definition) is 5. The van der Waals surface area contributed by atoms with Crippen molar-refractivity contribution in [3.63, 3.8) is 0 Å². The Morgan fingerprint density at radius 3 is 1.23 bits per heavy atom. The number of rotatable bonds is 24. The van der Waals surface area contributed by atoms with Gasteiger partial charge in [-0.3, -0.25) is 28.3 Å². The molecule has 5 unspecified atom stereocenters. The summed E-state index contributed by atoms with van der Waals surface area (Å²) in [5.74, 6) is 4.38. The van der Waals surface area contributed by atoms with Gasteiger partial charge in [0.25, 0.3) is 0 Å². The minimum atomic E-state index is -4.25. The Morgan fingerprint density at radius 2 is 0.862 bits per heavy atom. The molecule has 9 aromatic heterocycles. The van der Waals surface area contributed by atoms with Crippen LogP contribution in [-0.4, -0.2) is 222 Å². The van der Waals surface area contributed by atoms with Gasteiger partial charge in [-0.15, -0.1) is 34.0 Å². The maximum atomic E-state index is 13.1. The summed E-state index contributed by atoms with van der Waals surface area (Å²) in [7, 11) is 0. The predicted molar refractivity (Wildman–Crippen MR) is 484 cm³/mol. The number of aliphatic hydroxyl groups excluding tert-OH is 1. The van der Waals surface area contributed by atoms with E-state index in [0.29, 0.717) is 93.5 Å². The number of carbonyl (C=O) groups is 1. The van der Waals surface area contributed by atoms with Crippen LogP contribution in [0.5, 0.6) is 0 Å². The molecule has 20 rings (SSSR count). The van der Waals surface area contributed by atoms with Crippen molar-refractivity contribution in [1.29, 1.82) is 0 Å². The Labute approximate surface area is 755 Å². The van der Waals surface area contributed by atoms with Gasteiger partial charge in [0, 0.05) is 141 Å². The van der Waals surface area contributed by atoms with Gasteiger partial charge < -0.3 is 59.0 Å². The largest absolute Gasteiger partial charge is 0.395 e. The van der Waals surface area contributed by atoms with E-state index in [-0.39, 0.29) is 68.8 Å². The standard InChI is InChI=1S/C32H39F3N6O3S.C27H31F3N6O2S.C17H21F3N4S.C15H18N2O4/c1-2-26-37-28(23-16-22(17-32(33,34)35)45-29(23)38-26)40-11-9-31(20-40)8-10-39(19-31)18-21-6-7-25-24(15-21)36-30(42)41(25)12-14-44-27-5-3-4-13-43-27;1-2-22-32-23(19-12-18(13-27(28,29)30)39-24(19)33-22)35-8-6-26(16-35)5-7-34(15-26)14-17-3-4-21-20(11-17)31-25(38)36(21)9-10-37;1-2-13-22-14(24-6-4-16(10-24)3-5-21-9-16)12-7-11(8-17(18,19)20)25-15(12)23-13;18-10-11-4-5-13-12(9-11)16-15(19)17(13)6-8-21-14-3-1-2-7-20-14/h6-7,15-16,27H,2-5,8-14,17-20H2,1H3,(H,36,42);3-4,11-12,37H,2,5-10,13-16H2,1H3,(H,31,38);7,21H,2-6,8-10H2,1H3;4-5,9-10,14H,1-3,6-8H2,(H,16,19). The topological polar surface area (TPSA) is 293 Å². The molecule has 17 heterocycles. The Bertz CT molecular complexity index is 6200. The fourth-order valence-corrected chi connectivity index (χ4v) is 23.1. The summed E-state index contributed by atoms with van der Waals surface area (Å²) in [5, 5.41) is 14.9. The molecule has 0 aliphatic carbocycles. The Kier molecular flexibility index (Phi) is 27.8. The zero-order chi connectivity index (χ0) is 90.9. The van der Waals surface area contributed by atoms with E-state index in [2.05, 4.69) is 76.8 Å². The van der Waals surface area contributed by atoms with Crippen LogP contribution in [0.15, 0.2) is 87.2 Å². The molecule has 130 heavy (non-hydrogen) atoms. The number of halogens is 9. The normalized spacial score (nSPS) is 21.7. The van der Waals surface area contributed by atoms with Crippen molar-refractivity contribution < 1.29 is 68.4 Å². The molecular weight excluding hydrogens is 1760 g/mol. The van der Waals surface area contributed by atoms with Crippen molar-refractivity contribution in [1.82, 2.24) is 73.7 Å². The van der Waals surface area contributed by atoms with Crippen molar-refractivity contribution in [3.05, 3.63) is 153 Å². The third-order valence-corrected chi connectivity index (χ3v) is 29.4. The highest BCUT2D eigenvalue weighted by atomic mass is 32.1. The second-order valence-electron chi connectivity index (χ2n) is 35.9. The molecule has 39 heteroatoms. The van der Waals surface area contributed by atoms with Crippen LogP contribution < -0.4 is 37.1 Å². The Hall–Kier alpha value is -9.29. The predicted octanol–water partition coefficient (Wildman–Crippen LogP) is 15.0. The Morgan fingerprint density at radius 1 is 0.477 bits per heavy atom. The van der Waals surface area contributed by atoms with Gasteiger partial charge >= 0.3 is 35.6 Å². The minimum absolute atomic E-state index is 0.0943. The van der Waals surface area contributed by atoms with E-state index < -0.39 is 37.8 Å². The number of likely N-dealkylation sites (tertiary alicyclic amines) is 2. The molecular formula is C91H109F9N18O9S3. The number of aryl methyl sites for hydroxylation is 3. The number of hydrogen-bond acceptors (Lipinski definition) is 24. The van der Waals surface area contributed by atoms with Gasteiger partial charge in [0.15, 0.2) is 12.6 Å². The maximum absolute atomic E-state index is 13.1. The summed E-state index contributed by atoms with van der Waals surface area (Å²) in [6.07, 6.45) is -0.565. The number of nitrogens with zero attached hydrogens (tertiary/aromatic N) is 14. The number of aromatic amines is 3. The number of aromatic nitrogens is 12. The number of aliphatic hydroxyl groups is 1.